The van der Waals surface area contributed by atoms with Crippen LogP contribution in [0.3, 0.4) is 0 Å². The maximum Gasteiger partial charge on any atom is 0.410 e. The summed E-state index contributed by atoms with van der Waals surface area (Å²) in [5.74, 6) is -3.88. The van der Waals surface area contributed by atoms with Crippen LogP contribution in [0.15, 0.2) is 43.0 Å². The molecule has 16 nitrogen and oxygen atoms in total. The summed E-state index contributed by atoms with van der Waals surface area (Å²) < 4.78 is 53.7. The minimum absolute atomic E-state index is 0.0450. The topological polar surface area (TPSA) is 201 Å². The maximum absolute atomic E-state index is 14.8. The normalized spacial score (nSPS) is 27.7. The molecular weight excluding hydrogens is 764 g/mol. The lowest BCUT2D eigenvalue weighted by molar-refractivity contribution is -0.141. The summed E-state index contributed by atoms with van der Waals surface area (Å²) in [5.41, 5.74) is -1.61. The SMILES string of the molecule is C=CC(=O)N(C)C1CCCC=C[C@@H]2C[C@@]2(C(=O)NS(=O)(=O)C2CC2)NC(=O)[C@@H]2C[C@@H](OC(=O)N3Cc4cccc(F)c4C3)CN2C(=O)[C@@H](NC(=O)OC(C)(C)C)C1. The summed E-state index contributed by atoms with van der Waals surface area (Å²) in [6.07, 6.45) is 3.96. The quantitative estimate of drug-likeness (QED) is 0.272. The number of fused-ring (bicyclic) bond motifs is 3. The Hall–Kier alpha value is -5.00. The van der Waals surface area contributed by atoms with E-state index >= 15 is 0 Å². The minimum Gasteiger partial charge on any atom is -0.444 e. The standard InChI is InChI=1S/C39H51FN6O10S/c1-6-32(47)44(5)25-13-9-7-8-12-24-19-39(24,35(50)43-57(53,54)27-15-16-27)42-33(48)31-18-26(55-37(52)45-20-23-11-10-14-29(40)28(23)22-45)21-46(31)34(49)30(17-25)41-36(51)56-38(2,3)4/h6,8,10-12,14,24-27,30-31H,1,7,9,13,15-22H2,2-5H3,(H,41,51)(H,42,48)(H,43,50)/t24-,25?,26-,30+,31+,39-/m1/s1. The smallest absolute Gasteiger partial charge is 0.410 e. The molecule has 310 valence electrons. The third-order valence-electron chi connectivity index (χ3n) is 11.1. The molecule has 57 heavy (non-hydrogen) atoms. The largest absolute Gasteiger partial charge is 0.444 e. The molecule has 1 unspecified atom stereocenters. The van der Waals surface area contributed by atoms with E-state index in [2.05, 4.69) is 21.9 Å². The second-order valence-corrected chi connectivity index (χ2v) is 18.5. The van der Waals surface area contributed by atoms with Crippen LogP contribution in [0.4, 0.5) is 14.0 Å². The number of nitrogens with one attached hydrogen (secondary N) is 3. The van der Waals surface area contributed by atoms with Crippen LogP contribution in [-0.4, -0.2) is 113 Å². The van der Waals surface area contributed by atoms with Crippen molar-refractivity contribution in [2.24, 2.45) is 5.92 Å². The van der Waals surface area contributed by atoms with Crippen molar-refractivity contribution in [3.8, 4) is 0 Å². The number of halogens is 1. The van der Waals surface area contributed by atoms with Crippen LogP contribution in [0, 0.1) is 11.7 Å². The summed E-state index contributed by atoms with van der Waals surface area (Å²) in [7, 11) is -2.42. The van der Waals surface area contributed by atoms with Crippen LogP contribution >= 0.6 is 0 Å². The van der Waals surface area contributed by atoms with Gasteiger partial charge in [0.05, 0.1) is 18.3 Å². The Morgan fingerprint density at radius 2 is 1.84 bits per heavy atom. The Labute approximate surface area is 331 Å². The van der Waals surface area contributed by atoms with Crippen LogP contribution in [0.1, 0.15) is 83.3 Å². The lowest BCUT2D eigenvalue weighted by atomic mass is 9.98. The van der Waals surface area contributed by atoms with Gasteiger partial charge in [-0.05, 0) is 83.4 Å². The third kappa shape index (κ3) is 9.42. The zero-order valence-electron chi connectivity index (χ0n) is 32.6. The summed E-state index contributed by atoms with van der Waals surface area (Å²) in [6.45, 7) is 8.28. The molecule has 0 spiro atoms. The first-order valence-corrected chi connectivity index (χ1v) is 20.8. The molecule has 3 heterocycles. The van der Waals surface area contributed by atoms with Gasteiger partial charge in [-0.3, -0.25) is 28.8 Å². The van der Waals surface area contributed by atoms with Gasteiger partial charge in [-0.1, -0.05) is 30.9 Å². The highest BCUT2D eigenvalue weighted by molar-refractivity contribution is 7.91. The van der Waals surface area contributed by atoms with E-state index in [1.165, 1.54) is 20.8 Å². The first-order chi connectivity index (χ1) is 26.8. The Morgan fingerprint density at radius 1 is 1.11 bits per heavy atom. The Balaban J connectivity index is 1.32. The lowest BCUT2D eigenvalue weighted by Crippen LogP contribution is -2.59. The molecule has 1 aromatic carbocycles. The van der Waals surface area contributed by atoms with E-state index in [0.29, 0.717) is 43.2 Å². The molecule has 3 N–H and O–H groups in total. The predicted molar refractivity (Wildman–Crippen MR) is 203 cm³/mol. The monoisotopic (exact) mass is 814 g/mol. The van der Waals surface area contributed by atoms with E-state index in [1.54, 1.807) is 46.0 Å². The van der Waals surface area contributed by atoms with E-state index in [9.17, 15) is 41.6 Å². The van der Waals surface area contributed by atoms with Crippen molar-refractivity contribution in [1.82, 2.24) is 30.1 Å². The number of hydrogen-bond donors (Lipinski definition) is 3. The van der Waals surface area contributed by atoms with E-state index in [4.69, 9.17) is 9.47 Å². The number of sulfonamides is 1. The molecule has 6 rings (SSSR count). The number of rotatable bonds is 7. The number of allylic oxidation sites excluding steroid dienone is 1. The van der Waals surface area contributed by atoms with Crippen LogP contribution in [-0.2, 0) is 51.8 Å². The summed E-state index contributed by atoms with van der Waals surface area (Å²) in [5, 5.41) is 4.71. The fraction of sp³-hybridized carbons (Fsp3) is 0.590. The van der Waals surface area contributed by atoms with Gasteiger partial charge in [0.1, 0.15) is 35.1 Å². The highest BCUT2D eigenvalue weighted by Gasteiger charge is 2.62. The lowest BCUT2D eigenvalue weighted by Gasteiger charge is -2.34. The van der Waals surface area contributed by atoms with Crippen LogP contribution in [0.2, 0.25) is 0 Å². The highest BCUT2D eigenvalue weighted by atomic mass is 32.2. The van der Waals surface area contributed by atoms with E-state index in [0.717, 1.165) is 6.08 Å². The Bertz CT molecular complexity index is 1970. The molecule has 6 amide bonds. The number of ether oxygens (including phenoxy) is 2. The van der Waals surface area contributed by atoms with E-state index in [1.807, 2.05) is 6.08 Å². The molecule has 5 aliphatic rings. The van der Waals surface area contributed by atoms with Crippen molar-refractivity contribution >= 4 is 45.8 Å². The van der Waals surface area contributed by atoms with Gasteiger partial charge in [0.2, 0.25) is 27.7 Å². The second kappa shape index (κ2) is 16.1. The van der Waals surface area contributed by atoms with E-state index in [-0.39, 0.29) is 38.9 Å². The van der Waals surface area contributed by atoms with Crippen LogP contribution in [0.25, 0.3) is 0 Å². The van der Waals surface area contributed by atoms with Crippen molar-refractivity contribution < 1.29 is 51.0 Å². The van der Waals surface area contributed by atoms with Crippen molar-refractivity contribution in [3.63, 3.8) is 0 Å². The molecule has 2 aliphatic carbocycles. The second-order valence-electron chi connectivity index (χ2n) is 16.5. The molecule has 3 fully saturated rings. The molecule has 18 heteroatoms. The highest BCUT2D eigenvalue weighted by Crippen LogP contribution is 2.46. The zero-order valence-corrected chi connectivity index (χ0v) is 33.4. The first kappa shape index (κ1) is 41.6. The number of nitrogens with zero attached hydrogens (tertiary/aromatic N) is 3. The molecule has 0 radical (unpaired) electrons. The Kier molecular flexibility index (Phi) is 11.8. The van der Waals surface area contributed by atoms with Gasteiger partial charge < -0.3 is 29.9 Å². The van der Waals surface area contributed by atoms with Crippen LogP contribution < -0.4 is 15.4 Å². The van der Waals surface area contributed by atoms with Gasteiger partial charge in [-0.25, -0.2) is 22.4 Å². The summed E-state index contributed by atoms with van der Waals surface area (Å²) in [4.78, 5) is 86.4. The summed E-state index contributed by atoms with van der Waals surface area (Å²) >= 11 is 0. The molecule has 2 saturated carbocycles. The molecule has 0 bridgehead atoms. The van der Waals surface area contributed by atoms with Crippen molar-refractivity contribution in [1.29, 1.82) is 0 Å². The van der Waals surface area contributed by atoms with Gasteiger partial charge in [-0.15, -0.1) is 0 Å². The Morgan fingerprint density at radius 3 is 2.51 bits per heavy atom. The number of alkyl carbamates (subject to hydrolysis) is 1. The zero-order chi connectivity index (χ0) is 41.4. The summed E-state index contributed by atoms with van der Waals surface area (Å²) in [6, 6.07) is 1.25. The fourth-order valence-electron chi connectivity index (χ4n) is 7.74. The molecule has 1 saturated heterocycles. The average molecular weight is 815 g/mol. The van der Waals surface area contributed by atoms with Crippen molar-refractivity contribution in [2.45, 2.75) is 126 Å². The third-order valence-corrected chi connectivity index (χ3v) is 12.9. The maximum atomic E-state index is 14.8. The number of likely N-dealkylation sites (N-methyl/N-ethyl adjacent to an activating group) is 1. The van der Waals surface area contributed by atoms with Gasteiger partial charge in [0.15, 0.2) is 0 Å². The van der Waals surface area contributed by atoms with Gasteiger partial charge >= 0.3 is 12.2 Å². The fourth-order valence-corrected chi connectivity index (χ4v) is 9.10. The molecule has 3 aliphatic heterocycles. The van der Waals surface area contributed by atoms with Gasteiger partial charge in [-0.2, -0.15) is 0 Å². The predicted octanol–water partition coefficient (Wildman–Crippen LogP) is 2.77. The number of benzene rings is 1. The average Bonchev–Trinajstić information content (AvgIpc) is 4.02. The van der Waals surface area contributed by atoms with Crippen molar-refractivity contribution in [3.05, 3.63) is 60.0 Å². The molecule has 0 aromatic heterocycles. The molecule has 6 atom stereocenters. The van der Waals surface area contributed by atoms with Crippen molar-refractivity contribution in [2.75, 3.05) is 13.6 Å². The number of carbonyl (C=O) groups excluding carboxylic acids is 6. The minimum atomic E-state index is -3.98. The van der Waals surface area contributed by atoms with Gasteiger partial charge in [0.25, 0.3) is 5.91 Å². The molecule has 1 aromatic rings. The molecular formula is C39H51FN6O10S. The number of carbonyl (C=O) groups is 6. The number of hydrogen-bond acceptors (Lipinski definition) is 10. The number of amides is 6. The first-order valence-electron chi connectivity index (χ1n) is 19.3. The van der Waals surface area contributed by atoms with E-state index < -0.39 is 98.2 Å². The van der Waals surface area contributed by atoms with Crippen LogP contribution in [0.5, 0.6) is 0 Å². The van der Waals surface area contributed by atoms with Gasteiger partial charge in [0, 0.05) is 37.5 Å².